The van der Waals surface area contributed by atoms with E-state index >= 15 is 0 Å². The second kappa shape index (κ2) is 4.93. The summed E-state index contributed by atoms with van der Waals surface area (Å²) < 4.78 is 11.8. The van der Waals surface area contributed by atoms with Gasteiger partial charge in [-0.1, -0.05) is 0 Å². The third-order valence-electron chi connectivity index (χ3n) is 3.84. The van der Waals surface area contributed by atoms with Crippen molar-refractivity contribution in [1.29, 1.82) is 5.26 Å². The number of nitriles is 1. The van der Waals surface area contributed by atoms with Gasteiger partial charge in [0, 0.05) is 6.04 Å². The third kappa shape index (κ3) is 2.47. The molecule has 0 aliphatic carbocycles. The van der Waals surface area contributed by atoms with E-state index in [-0.39, 0.29) is 6.10 Å². The van der Waals surface area contributed by atoms with Crippen LogP contribution in [-0.4, -0.2) is 42.0 Å². The van der Waals surface area contributed by atoms with Crippen molar-refractivity contribution in [2.24, 2.45) is 0 Å². The lowest BCUT2D eigenvalue weighted by molar-refractivity contribution is -0.194. The van der Waals surface area contributed by atoms with Gasteiger partial charge >= 0.3 is 0 Å². The van der Waals surface area contributed by atoms with Gasteiger partial charge in [0.2, 0.25) is 0 Å². The van der Waals surface area contributed by atoms with Gasteiger partial charge in [-0.15, -0.1) is 0 Å². The Balaban J connectivity index is 2.04. The molecule has 96 valence electrons. The molecule has 0 bridgehead atoms. The maximum absolute atomic E-state index is 8.71. The minimum Gasteiger partial charge on any atom is -0.346 e. The van der Waals surface area contributed by atoms with E-state index in [0.29, 0.717) is 25.1 Å². The highest BCUT2D eigenvalue weighted by molar-refractivity contribution is 4.95. The summed E-state index contributed by atoms with van der Waals surface area (Å²) in [4.78, 5) is 2.45. The highest BCUT2D eigenvalue weighted by atomic mass is 16.7. The predicted molar refractivity (Wildman–Crippen MR) is 64.3 cm³/mol. The highest BCUT2D eigenvalue weighted by Gasteiger charge is 2.48. The molecular formula is C13H22N2O2. The Morgan fingerprint density at radius 2 is 2.29 bits per heavy atom. The zero-order valence-electron chi connectivity index (χ0n) is 11.0. The molecule has 2 rings (SSSR count). The Bertz CT molecular complexity index is 313. The molecule has 2 aliphatic heterocycles. The molecule has 4 nitrogen and oxygen atoms in total. The van der Waals surface area contributed by atoms with E-state index in [1.54, 1.807) is 0 Å². The zero-order chi connectivity index (χ0) is 12.5. The molecule has 0 saturated carbocycles. The molecule has 2 saturated heterocycles. The van der Waals surface area contributed by atoms with Crippen LogP contribution < -0.4 is 0 Å². The highest BCUT2D eigenvalue weighted by Crippen LogP contribution is 2.36. The standard InChI is InChI=1S/C13H22N2O2/c1-10(2)15-8-4-5-12(15)13(3)16-9-11(17-13)6-7-14/h10-12H,4-6,8-9H2,1-3H3. The van der Waals surface area contributed by atoms with Gasteiger partial charge in [-0.25, -0.2) is 0 Å². The van der Waals surface area contributed by atoms with Gasteiger partial charge in [-0.3, -0.25) is 4.90 Å². The number of nitrogens with zero attached hydrogens (tertiary/aromatic N) is 2. The molecule has 0 aromatic carbocycles. The maximum atomic E-state index is 8.71. The fraction of sp³-hybridized carbons (Fsp3) is 0.923. The minimum absolute atomic E-state index is 0.0559. The Kier molecular flexibility index (Phi) is 3.72. The molecule has 0 amide bonds. The first-order valence-corrected chi connectivity index (χ1v) is 6.51. The molecule has 17 heavy (non-hydrogen) atoms. The van der Waals surface area contributed by atoms with Gasteiger partial charge in [0.05, 0.1) is 31.2 Å². The van der Waals surface area contributed by atoms with Gasteiger partial charge in [0.15, 0.2) is 5.79 Å². The molecule has 3 atom stereocenters. The van der Waals surface area contributed by atoms with Crippen molar-refractivity contribution in [3.63, 3.8) is 0 Å². The van der Waals surface area contributed by atoms with Crippen molar-refractivity contribution in [2.45, 2.75) is 64.0 Å². The van der Waals surface area contributed by atoms with Gasteiger partial charge in [-0.2, -0.15) is 5.26 Å². The lowest BCUT2D eigenvalue weighted by Gasteiger charge is -2.38. The van der Waals surface area contributed by atoms with Gasteiger partial charge in [0.25, 0.3) is 0 Å². The van der Waals surface area contributed by atoms with Crippen LogP contribution in [0.2, 0.25) is 0 Å². The topological polar surface area (TPSA) is 45.5 Å². The van der Waals surface area contributed by atoms with E-state index in [1.807, 2.05) is 6.92 Å². The molecule has 0 aromatic heterocycles. The summed E-state index contributed by atoms with van der Waals surface area (Å²) in [7, 11) is 0. The van der Waals surface area contributed by atoms with E-state index in [9.17, 15) is 0 Å². The summed E-state index contributed by atoms with van der Waals surface area (Å²) in [5, 5.41) is 8.71. The van der Waals surface area contributed by atoms with Crippen molar-refractivity contribution in [3.05, 3.63) is 0 Å². The smallest absolute Gasteiger partial charge is 0.181 e. The Labute approximate surface area is 103 Å². The molecule has 2 heterocycles. The van der Waals surface area contributed by atoms with Gasteiger partial charge < -0.3 is 9.47 Å². The zero-order valence-corrected chi connectivity index (χ0v) is 11.0. The second-order valence-corrected chi connectivity index (χ2v) is 5.42. The molecule has 2 aliphatic rings. The fourth-order valence-corrected chi connectivity index (χ4v) is 3.00. The first-order valence-electron chi connectivity index (χ1n) is 6.51. The van der Waals surface area contributed by atoms with Crippen LogP contribution in [0.15, 0.2) is 0 Å². The van der Waals surface area contributed by atoms with Crippen LogP contribution in [0.5, 0.6) is 0 Å². The molecule has 0 spiro atoms. The van der Waals surface area contributed by atoms with Crippen LogP contribution in [0.3, 0.4) is 0 Å². The van der Waals surface area contributed by atoms with Crippen LogP contribution in [0.1, 0.15) is 40.0 Å². The number of ether oxygens (including phenoxy) is 2. The second-order valence-electron chi connectivity index (χ2n) is 5.42. The van der Waals surface area contributed by atoms with E-state index in [2.05, 4.69) is 24.8 Å². The lowest BCUT2D eigenvalue weighted by Crippen LogP contribution is -2.51. The summed E-state index contributed by atoms with van der Waals surface area (Å²) in [5.74, 6) is -0.526. The van der Waals surface area contributed by atoms with Crippen LogP contribution >= 0.6 is 0 Å². The maximum Gasteiger partial charge on any atom is 0.181 e. The van der Waals surface area contributed by atoms with E-state index in [4.69, 9.17) is 14.7 Å². The molecule has 3 unspecified atom stereocenters. The molecule has 4 heteroatoms. The van der Waals surface area contributed by atoms with Crippen LogP contribution in [0.4, 0.5) is 0 Å². The average Bonchev–Trinajstić information content (AvgIpc) is 2.86. The largest absolute Gasteiger partial charge is 0.346 e. The van der Waals surface area contributed by atoms with Crippen molar-refractivity contribution in [1.82, 2.24) is 4.90 Å². The normalized spacial score (nSPS) is 38.8. The minimum atomic E-state index is -0.526. The summed E-state index contributed by atoms with van der Waals surface area (Å²) in [6.07, 6.45) is 2.69. The Morgan fingerprint density at radius 3 is 2.94 bits per heavy atom. The van der Waals surface area contributed by atoms with Crippen molar-refractivity contribution < 1.29 is 9.47 Å². The Hall–Kier alpha value is -0.630. The van der Waals surface area contributed by atoms with Crippen molar-refractivity contribution in [3.8, 4) is 6.07 Å². The summed E-state index contributed by atoms with van der Waals surface area (Å²) in [5.41, 5.74) is 0. The number of hydrogen-bond donors (Lipinski definition) is 0. The molecule has 2 fully saturated rings. The van der Waals surface area contributed by atoms with Crippen molar-refractivity contribution >= 4 is 0 Å². The summed E-state index contributed by atoms with van der Waals surface area (Å²) in [6, 6.07) is 2.99. The average molecular weight is 238 g/mol. The monoisotopic (exact) mass is 238 g/mol. The first kappa shape index (κ1) is 12.8. The summed E-state index contributed by atoms with van der Waals surface area (Å²) in [6.45, 7) is 8.11. The SMILES string of the molecule is CC(C)N1CCCC1C1(C)OCC(CC#N)O1. The molecular weight excluding hydrogens is 216 g/mol. The lowest BCUT2D eigenvalue weighted by atomic mass is 10.1. The third-order valence-corrected chi connectivity index (χ3v) is 3.84. The predicted octanol–water partition coefficient (Wildman–Crippen LogP) is 1.90. The molecule has 0 radical (unpaired) electrons. The molecule has 0 aromatic rings. The van der Waals surface area contributed by atoms with Gasteiger partial charge in [-0.05, 0) is 40.2 Å². The quantitative estimate of drug-likeness (QED) is 0.753. The number of hydrogen-bond acceptors (Lipinski definition) is 4. The van der Waals surface area contributed by atoms with Crippen molar-refractivity contribution in [2.75, 3.05) is 13.2 Å². The molecule has 0 N–H and O–H groups in total. The Morgan fingerprint density at radius 1 is 1.53 bits per heavy atom. The van der Waals surface area contributed by atoms with E-state index in [1.165, 1.54) is 6.42 Å². The van der Waals surface area contributed by atoms with E-state index in [0.717, 1.165) is 13.0 Å². The number of rotatable bonds is 3. The van der Waals surface area contributed by atoms with Crippen LogP contribution in [0.25, 0.3) is 0 Å². The van der Waals surface area contributed by atoms with Gasteiger partial charge in [0.1, 0.15) is 0 Å². The van der Waals surface area contributed by atoms with Crippen LogP contribution in [-0.2, 0) is 9.47 Å². The van der Waals surface area contributed by atoms with Crippen LogP contribution in [0, 0.1) is 11.3 Å². The first-order chi connectivity index (χ1) is 8.07. The summed E-state index contributed by atoms with van der Waals surface area (Å²) >= 11 is 0. The van der Waals surface area contributed by atoms with E-state index < -0.39 is 5.79 Å². The number of likely N-dealkylation sites (tertiary alicyclic amines) is 1. The fourth-order valence-electron chi connectivity index (χ4n) is 3.00.